The van der Waals surface area contributed by atoms with Gasteiger partial charge in [0, 0.05) is 16.9 Å². The van der Waals surface area contributed by atoms with Crippen LogP contribution in [0, 0.1) is 28.6 Å². The molecule has 12 nitrogen and oxygen atoms in total. The van der Waals surface area contributed by atoms with Crippen LogP contribution in [0.2, 0.25) is 0 Å². The molecule has 1 aromatic heterocycles. The Morgan fingerprint density at radius 3 is 1.81 bits per heavy atom. The number of hydrogen-bond donors (Lipinski definition) is 0. The molecule has 0 N–H and O–H groups in total. The largest absolute Gasteiger partial charge is 0.496 e. The highest BCUT2D eigenvalue weighted by molar-refractivity contribution is 5.98. The Bertz CT molecular complexity index is 2230. The predicted molar refractivity (Wildman–Crippen MR) is 185 cm³/mol. The van der Waals surface area contributed by atoms with Gasteiger partial charge in [-0.15, -0.1) is 0 Å². The minimum Gasteiger partial charge on any atom is -0.496 e. The van der Waals surface area contributed by atoms with Crippen LogP contribution in [-0.2, 0) is 38.1 Å². The lowest BCUT2D eigenvalue weighted by Gasteiger charge is -2.46. The molecule has 0 amide bonds. The van der Waals surface area contributed by atoms with Crippen molar-refractivity contribution < 1.29 is 52.0 Å². The average Bonchev–Trinajstić information content (AvgIpc) is 3.54. The number of fused-ring (bicyclic) bond motifs is 8. The van der Waals surface area contributed by atoms with E-state index in [0.717, 1.165) is 0 Å². The molecule has 2 saturated carbocycles. The van der Waals surface area contributed by atoms with Crippen molar-refractivity contribution in [1.29, 1.82) is 0 Å². The number of ether oxygens (including phenoxy) is 6. The number of carbonyl (C=O) groups is 4. The van der Waals surface area contributed by atoms with Crippen LogP contribution in [0.15, 0.2) is 33.5 Å². The van der Waals surface area contributed by atoms with Gasteiger partial charge in [-0.3, -0.25) is 14.4 Å². The van der Waals surface area contributed by atoms with Crippen molar-refractivity contribution in [2.75, 3.05) is 7.11 Å². The maximum Gasteiger partial charge on any atom is 0.351 e. The van der Waals surface area contributed by atoms with E-state index in [1.807, 2.05) is 27.7 Å². The molecule has 276 valence electrons. The van der Waals surface area contributed by atoms with E-state index in [1.165, 1.54) is 13.2 Å². The van der Waals surface area contributed by atoms with Crippen LogP contribution in [0.1, 0.15) is 98.3 Å². The number of para-hydroxylation sites is 1. The van der Waals surface area contributed by atoms with Gasteiger partial charge in [0.2, 0.25) is 16.6 Å². The van der Waals surface area contributed by atoms with Crippen LogP contribution in [0.3, 0.4) is 0 Å². The molecule has 2 saturated heterocycles. The van der Waals surface area contributed by atoms with Gasteiger partial charge in [0.05, 0.1) is 28.9 Å². The molecule has 2 unspecified atom stereocenters. The molecule has 0 spiro atoms. The Kier molecular flexibility index (Phi) is 6.68. The maximum atomic E-state index is 14.7. The fraction of sp³-hybridized carbons (Fsp3) is 0.575. The molecule has 8 rings (SSSR count). The molecule has 3 aliphatic heterocycles. The van der Waals surface area contributed by atoms with Gasteiger partial charge >= 0.3 is 23.9 Å². The van der Waals surface area contributed by atoms with Crippen molar-refractivity contribution >= 4 is 45.8 Å². The van der Waals surface area contributed by atoms with Gasteiger partial charge in [-0.2, -0.15) is 0 Å². The van der Waals surface area contributed by atoms with Crippen molar-refractivity contribution in [1.82, 2.24) is 0 Å². The van der Waals surface area contributed by atoms with E-state index in [9.17, 15) is 24.0 Å². The summed E-state index contributed by atoms with van der Waals surface area (Å²) in [6.07, 6.45) is -1.53. The van der Waals surface area contributed by atoms with Crippen molar-refractivity contribution in [2.45, 2.75) is 117 Å². The average molecular weight is 717 g/mol. The Balaban J connectivity index is 1.34. The Labute approximate surface area is 300 Å². The molecule has 4 bridgehead atoms. The second kappa shape index (κ2) is 10.1. The smallest absolute Gasteiger partial charge is 0.351 e. The summed E-state index contributed by atoms with van der Waals surface area (Å²) in [5.74, 6) is -2.27. The Morgan fingerprint density at radius 1 is 0.750 bits per heavy atom. The molecule has 2 aliphatic carbocycles. The van der Waals surface area contributed by atoms with E-state index in [1.54, 1.807) is 52.8 Å². The maximum absolute atomic E-state index is 14.7. The molecule has 52 heavy (non-hydrogen) atoms. The molecule has 5 aliphatic rings. The van der Waals surface area contributed by atoms with Gasteiger partial charge < -0.3 is 32.8 Å². The Morgan fingerprint density at radius 2 is 1.31 bits per heavy atom. The van der Waals surface area contributed by atoms with Crippen molar-refractivity contribution in [3.05, 3.63) is 45.6 Å². The number of rotatable bonds is 5. The SMILES string of the molecule is COc1cc2c(c3oc4c(C)cccc4c(=O)c13)[C@@H](OC(=O)[C@@]13CCC(C)(C(=O)O1)C3(C)C)[C@@H](OC(=O)[C@@]13CCC(C)(C(=O)O1)C3(C)C)C(C)(C)O2. The summed E-state index contributed by atoms with van der Waals surface area (Å²) in [7, 11) is 1.42. The van der Waals surface area contributed by atoms with Gasteiger partial charge in [0.15, 0.2) is 17.8 Å². The number of carbonyl (C=O) groups excluding carboxylic acids is 4. The highest BCUT2D eigenvalue weighted by Gasteiger charge is 2.78. The monoisotopic (exact) mass is 716 g/mol. The van der Waals surface area contributed by atoms with Crippen LogP contribution < -0.4 is 14.9 Å². The van der Waals surface area contributed by atoms with Gasteiger partial charge in [0.1, 0.15) is 28.1 Å². The first-order valence-corrected chi connectivity index (χ1v) is 17.8. The first-order valence-electron chi connectivity index (χ1n) is 17.8. The number of aryl methyl sites for hydroxylation is 1. The van der Waals surface area contributed by atoms with Crippen LogP contribution >= 0.6 is 0 Å². The minimum absolute atomic E-state index is 0.0196. The number of hydrogen-bond acceptors (Lipinski definition) is 12. The third-order valence-corrected chi connectivity index (χ3v) is 14.3. The molecular formula is C40H44O12. The third kappa shape index (κ3) is 3.75. The topological polar surface area (TPSA) is 154 Å². The second-order valence-corrected chi connectivity index (χ2v) is 17.3. The van der Waals surface area contributed by atoms with Crippen LogP contribution in [-0.4, -0.2) is 53.9 Å². The second-order valence-electron chi connectivity index (χ2n) is 17.3. The van der Waals surface area contributed by atoms with E-state index in [-0.39, 0.29) is 46.3 Å². The zero-order valence-electron chi connectivity index (χ0n) is 31.2. The van der Waals surface area contributed by atoms with Crippen molar-refractivity contribution in [2.24, 2.45) is 21.7 Å². The molecule has 12 heteroatoms. The van der Waals surface area contributed by atoms with Gasteiger partial charge in [-0.1, -0.05) is 39.8 Å². The first kappa shape index (κ1) is 34.5. The molecule has 3 aromatic rings. The van der Waals surface area contributed by atoms with Crippen LogP contribution in [0.25, 0.3) is 21.9 Å². The lowest BCUT2D eigenvalue weighted by molar-refractivity contribution is -0.217. The lowest BCUT2D eigenvalue weighted by Crippen LogP contribution is -2.57. The Hall–Kier alpha value is -4.61. The molecule has 0 radical (unpaired) electrons. The van der Waals surface area contributed by atoms with Gasteiger partial charge in [-0.05, 0) is 71.9 Å². The quantitative estimate of drug-likeness (QED) is 0.168. The first-order chi connectivity index (χ1) is 24.1. The predicted octanol–water partition coefficient (Wildman–Crippen LogP) is 6.17. The number of benzene rings is 2. The highest BCUT2D eigenvalue weighted by atomic mass is 16.7. The van der Waals surface area contributed by atoms with E-state index < -0.39 is 74.5 Å². The zero-order valence-corrected chi connectivity index (χ0v) is 31.2. The fourth-order valence-corrected chi connectivity index (χ4v) is 9.67. The van der Waals surface area contributed by atoms with E-state index in [4.69, 9.17) is 32.8 Å². The van der Waals surface area contributed by atoms with Crippen LogP contribution in [0.5, 0.6) is 11.5 Å². The summed E-state index contributed by atoms with van der Waals surface area (Å²) in [5.41, 5.74) is -7.61. The van der Waals surface area contributed by atoms with E-state index in [2.05, 4.69) is 0 Å². The molecule has 2 aromatic carbocycles. The standard InChI is InChI=1S/C40H44O12/c1-19-12-11-13-20-25(41)23-21(46-10)18-22-24(27(23)47-26(19)20)28(48-32(44)39-16-14-37(8,30(42)51-39)35(39,4)5)29(34(2,3)50-22)49-33(45)40-17-15-38(9,31(43)52-40)36(40,6)7/h11-13,18,28-29H,14-17H2,1-10H3/t28-,29-,37?,38?,39-,40-/m1/s1. The summed E-state index contributed by atoms with van der Waals surface area (Å²) in [4.78, 5) is 69.9. The zero-order chi connectivity index (χ0) is 37.8. The van der Waals surface area contributed by atoms with Gasteiger partial charge in [0.25, 0.3) is 0 Å². The molecule has 4 heterocycles. The van der Waals surface area contributed by atoms with Crippen LogP contribution in [0.4, 0.5) is 0 Å². The number of methoxy groups -OCH3 is 1. The fourth-order valence-electron chi connectivity index (χ4n) is 9.67. The van der Waals surface area contributed by atoms with E-state index >= 15 is 0 Å². The normalized spacial score (nSPS) is 34.4. The molecule has 6 atom stereocenters. The lowest BCUT2D eigenvalue weighted by atomic mass is 9.66. The highest BCUT2D eigenvalue weighted by Crippen LogP contribution is 2.68. The van der Waals surface area contributed by atoms with Gasteiger partial charge in [-0.25, -0.2) is 9.59 Å². The third-order valence-electron chi connectivity index (χ3n) is 14.3. The van der Waals surface area contributed by atoms with E-state index in [0.29, 0.717) is 29.4 Å². The molecule has 4 fully saturated rings. The summed E-state index contributed by atoms with van der Waals surface area (Å²) < 4.78 is 43.5. The summed E-state index contributed by atoms with van der Waals surface area (Å²) in [6.45, 7) is 16.0. The number of esters is 4. The summed E-state index contributed by atoms with van der Waals surface area (Å²) in [6, 6.07) is 6.74. The van der Waals surface area contributed by atoms with Crippen molar-refractivity contribution in [3.8, 4) is 11.5 Å². The van der Waals surface area contributed by atoms with Crippen molar-refractivity contribution in [3.63, 3.8) is 0 Å². The molecular weight excluding hydrogens is 672 g/mol. The summed E-state index contributed by atoms with van der Waals surface area (Å²) in [5, 5.41) is 0.390. The minimum atomic E-state index is -1.64. The summed E-state index contributed by atoms with van der Waals surface area (Å²) >= 11 is 0.